The molecular weight excluding hydrogens is 545 g/mol. The van der Waals surface area contributed by atoms with Crippen LogP contribution in [0.25, 0.3) is 10.9 Å². The average molecular weight is 585 g/mol. The van der Waals surface area contributed by atoms with Gasteiger partial charge in [0.2, 0.25) is 0 Å². The van der Waals surface area contributed by atoms with E-state index in [0.29, 0.717) is 16.9 Å². The van der Waals surface area contributed by atoms with E-state index in [2.05, 4.69) is 27.1 Å². The first-order chi connectivity index (χ1) is 20.1. The zero-order chi connectivity index (χ0) is 29.5. The Bertz CT molecular complexity index is 1420. The Hall–Kier alpha value is -3.18. The van der Waals surface area contributed by atoms with Crippen molar-refractivity contribution in [1.29, 1.82) is 0 Å². The monoisotopic (exact) mass is 584 g/mol. The van der Waals surface area contributed by atoms with Crippen LogP contribution in [0.1, 0.15) is 67.2 Å². The minimum absolute atomic E-state index is 0.290. The SMILES string of the molecule is COc1cc2nn(C3CCN(CCC4CC5(CCN(C)CC5)C4)CC3)cc2cc1NC(=O)c1cccc(C(F)(F)F)n1. The van der Waals surface area contributed by atoms with Gasteiger partial charge >= 0.3 is 6.18 Å². The van der Waals surface area contributed by atoms with Crippen molar-refractivity contribution in [3.05, 3.63) is 47.9 Å². The Morgan fingerprint density at radius 2 is 1.86 bits per heavy atom. The molecule has 1 spiro atoms. The second-order valence-electron chi connectivity index (χ2n) is 12.5. The molecule has 1 N–H and O–H groups in total. The lowest BCUT2D eigenvalue weighted by atomic mass is 9.57. The Labute approximate surface area is 244 Å². The number of anilines is 1. The minimum atomic E-state index is -4.64. The van der Waals surface area contributed by atoms with Crippen LogP contribution < -0.4 is 10.1 Å². The molecule has 0 radical (unpaired) electrons. The van der Waals surface area contributed by atoms with E-state index in [1.54, 1.807) is 12.1 Å². The van der Waals surface area contributed by atoms with Crippen molar-refractivity contribution < 1.29 is 22.7 Å². The van der Waals surface area contributed by atoms with Crippen LogP contribution in [0.15, 0.2) is 36.5 Å². The van der Waals surface area contributed by atoms with E-state index in [4.69, 9.17) is 9.84 Å². The molecule has 1 amide bonds. The molecule has 1 aromatic carbocycles. The number of hydrogen-bond donors (Lipinski definition) is 1. The molecule has 3 fully saturated rings. The van der Waals surface area contributed by atoms with E-state index >= 15 is 0 Å². The summed E-state index contributed by atoms with van der Waals surface area (Å²) >= 11 is 0. The van der Waals surface area contributed by atoms with Crippen molar-refractivity contribution in [1.82, 2.24) is 24.6 Å². The first-order valence-corrected chi connectivity index (χ1v) is 14.9. The van der Waals surface area contributed by atoms with Gasteiger partial charge in [-0.1, -0.05) is 6.07 Å². The molecule has 1 saturated carbocycles. The number of benzene rings is 1. The molecule has 0 atom stereocenters. The van der Waals surface area contributed by atoms with Gasteiger partial charge in [-0.05, 0) is 101 Å². The molecule has 0 unspecified atom stereocenters. The Morgan fingerprint density at radius 1 is 1.12 bits per heavy atom. The highest BCUT2D eigenvalue weighted by molar-refractivity contribution is 6.05. The Morgan fingerprint density at radius 3 is 2.55 bits per heavy atom. The molecule has 2 aromatic heterocycles. The zero-order valence-electron chi connectivity index (χ0n) is 24.3. The summed E-state index contributed by atoms with van der Waals surface area (Å²) < 4.78 is 46.7. The van der Waals surface area contributed by atoms with Crippen molar-refractivity contribution in [2.75, 3.05) is 52.2 Å². The molecule has 2 saturated heterocycles. The van der Waals surface area contributed by atoms with Crippen LogP contribution in [0.5, 0.6) is 5.75 Å². The number of ether oxygens (including phenoxy) is 1. The van der Waals surface area contributed by atoms with E-state index in [1.807, 2.05) is 10.9 Å². The molecule has 1 aliphatic carbocycles. The van der Waals surface area contributed by atoms with Crippen molar-refractivity contribution in [2.24, 2.45) is 11.3 Å². The van der Waals surface area contributed by atoms with E-state index < -0.39 is 17.8 Å². The van der Waals surface area contributed by atoms with Gasteiger partial charge in [0.25, 0.3) is 5.91 Å². The number of pyridine rings is 1. The molecule has 3 aromatic rings. The maximum atomic E-state index is 13.1. The second-order valence-corrected chi connectivity index (χ2v) is 12.5. The lowest BCUT2D eigenvalue weighted by molar-refractivity contribution is -0.141. The summed E-state index contributed by atoms with van der Waals surface area (Å²) in [6.07, 6.45) is 6.27. The lowest BCUT2D eigenvalue weighted by Crippen LogP contribution is -2.46. The van der Waals surface area contributed by atoms with E-state index in [-0.39, 0.29) is 11.7 Å². The summed E-state index contributed by atoms with van der Waals surface area (Å²) in [6, 6.07) is 7.03. The molecule has 6 rings (SSSR count). The minimum Gasteiger partial charge on any atom is -0.494 e. The van der Waals surface area contributed by atoms with Gasteiger partial charge in [-0.2, -0.15) is 18.3 Å². The number of aromatic nitrogens is 3. The van der Waals surface area contributed by atoms with E-state index in [0.717, 1.165) is 48.8 Å². The quantitative estimate of drug-likeness (QED) is 0.375. The number of fused-ring (bicyclic) bond motifs is 1. The third kappa shape index (κ3) is 6.13. The number of carbonyl (C=O) groups is 1. The molecule has 2 aliphatic heterocycles. The predicted molar refractivity (Wildman–Crippen MR) is 155 cm³/mol. The smallest absolute Gasteiger partial charge is 0.433 e. The highest BCUT2D eigenvalue weighted by atomic mass is 19.4. The number of methoxy groups -OCH3 is 1. The maximum Gasteiger partial charge on any atom is 0.433 e. The van der Waals surface area contributed by atoms with Crippen LogP contribution in [0.4, 0.5) is 18.9 Å². The molecular formula is C31H39F3N6O2. The van der Waals surface area contributed by atoms with Crippen molar-refractivity contribution >= 4 is 22.5 Å². The fourth-order valence-corrected chi connectivity index (χ4v) is 7.07. The normalized spacial score (nSPS) is 20.6. The summed E-state index contributed by atoms with van der Waals surface area (Å²) in [5, 5.41) is 8.28. The van der Waals surface area contributed by atoms with Gasteiger partial charge in [-0.3, -0.25) is 9.48 Å². The van der Waals surface area contributed by atoms with Gasteiger partial charge in [-0.25, -0.2) is 4.98 Å². The van der Waals surface area contributed by atoms with Gasteiger partial charge in [0.15, 0.2) is 0 Å². The standard InChI is InChI=1S/C31H39F3N6O2/c1-38-14-9-30(10-15-38)18-21(19-30)6-11-39-12-7-23(8-13-39)40-20-22-16-26(27(42-2)17-25(22)37-40)36-29(41)24-4-3-5-28(35-24)31(32,33)34/h3-5,16-17,20-21,23H,6-15,18-19H2,1-2H3,(H,36,41). The highest BCUT2D eigenvalue weighted by Gasteiger charge is 2.45. The van der Waals surface area contributed by atoms with Crippen LogP contribution in [0.2, 0.25) is 0 Å². The summed E-state index contributed by atoms with van der Waals surface area (Å²) in [5.41, 5.74) is 0.285. The number of carbonyl (C=O) groups excluding carboxylic acids is 1. The number of halogens is 3. The first kappa shape index (κ1) is 28.9. The number of nitrogens with zero attached hydrogens (tertiary/aromatic N) is 5. The topological polar surface area (TPSA) is 75.5 Å². The lowest BCUT2D eigenvalue weighted by Gasteiger charge is -2.52. The number of likely N-dealkylation sites (tertiary alicyclic amines) is 2. The summed E-state index contributed by atoms with van der Waals surface area (Å²) in [5.74, 6) is 0.513. The van der Waals surface area contributed by atoms with Crippen LogP contribution in [0, 0.1) is 11.3 Å². The van der Waals surface area contributed by atoms with Crippen LogP contribution >= 0.6 is 0 Å². The molecule has 11 heteroatoms. The van der Waals surface area contributed by atoms with Gasteiger partial charge < -0.3 is 19.9 Å². The first-order valence-electron chi connectivity index (χ1n) is 14.9. The van der Waals surface area contributed by atoms with Crippen molar-refractivity contribution in [2.45, 2.75) is 57.2 Å². The van der Waals surface area contributed by atoms with E-state index in [9.17, 15) is 18.0 Å². The molecule has 226 valence electrons. The summed E-state index contributed by atoms with van der Waals surface area (Å²) in [6.45, 7) is 5.79. The third-order valence-electron chi connectivity index (χ3n) is 9.64. The van der Waals surface area contributed by atoms with Gasteiger partial charge in [0.05, 0.1) is 24.4 Å². The van der Waals surface area contributed by atoms with E-state index in [1.165, 1.54) is 71.0 Å². The van der Waals surface area contributed by atoms with Crippen LogP contribution in [-0.2, 0) is 6.18 Å². The van der Waals surface area contributed by atoms with Crippen LogP contribution in [-0.4, -0.2) is 77.4 Å². The number of rotatable bonds is 7. The Balaban J connectivity index is 1.04. The maximum absolute atomic E-state index is 13.1. The molecule has 0 bridgehead atoms. The zero-order valence-corrected chi connectivity index (χ0v) is 24.3. The van der Waals surface area contributed by atoms with Crippen LogP contribution in [0.3, 0.4) is 0 Å². The Kier molecular flexibility index (Phi) is 7.91. The fraction of sp³-hybridized carbons (Fsp3) is 0.581. The molecule has 8 nitrogen and oxygen atoms in total. The van der Waals surface area contributed by atoms with Gasteiger partial charge in [0, 0.05) is 30.7 Å². The predicted octanol–water partition coefficient (Wildman–Crippen LogP) is 5.86. The van der Waals surface area contributed by atoms with Gasteiger partial charge in [-0.15, -0.1) is 0 Å². The largest absolute Gasteiger partial charge is 0.494 e. The number of amides is 1. The fourth-order valence-electron chi connectivity index (χ4n) is 7.07. The molecule has 4 heterocycles. The van der Waals surface area contributed by atoms with Crippen molar-refractivity contribution in [3.63, 3.8) is 0 Å². The molecule has 42 heavy (non-hydrogen) atoms. The molecule has 3 aliphatic rings. The summed E-state index contributed by atoms with van der Waals surface area (Å²) in [4.78, 5) is 21.3. The number of hydrogen-bond acceptors (Lipinski definition) is 6. The number of nitrogens with one attached hydrogen (secondary N) is 1. The third-order valence-corrected chi connectivity index (χ3v) is 9.64. The average Bonchev–Trinajstić information content (AvgIpc) is 3.38. The summed E-state index contributed by atoms with van der Waals surface area (Å²) in [7, 11) is 3.71. The van der Waals surface area contributed by atoms with Gasteiger partial charge in [0.1, 0.15) is 17.1 Å². The second kappa shape index (κ2) is 11.5. The number of alkyl halides is 3. The highest BCUT2D eigenvalue weighted by Crippen LogP contribution is 2.53. The number of piperidine rings is 2. The van der Waals surface area contributed by atoms with Crippen molar-refractivity contribution in [3.8, 4) is 5.75 Å².